The fraction of sp³-hybridized carbons (Fsp3) is 0.500. The predicted octanol–water partition coefficient (Wildman–Crippen LogP) is 2.79. The van der Waals surface area contributed by atoms with Crippen LogP contribution in [0.15, 0.2) is 24.8 Å². The van der Waals surface area contributed by atoms with E-state index in [-0.39, 0.29) is 24.3 Å². The molecule has 1 aromatic rings. The van der Waals surface area contributed by atoms with Crippen LogP contribution in [0, 0.1) is 5.82 Å². The third-order valence-corrected chi connectivity index (χ3v) is 3.84. The molecule has 1 aliphatic rings. The number of nitrogens with one attached hydrogen (secondary N) is 1. The molecule has 0 spiro atoms. The van der Waals surface area contributed by atoms with E-state index < -0.39 is 0 Å². The molecule has 0 radical (unpaired) electrons. The van der Waals surface area contributed by atoms with Crippen molar-refractivity contribution in [3.05, 3.63) is 36.2 Å². The number of ether oxygens (including phenoxy) is 2. The molecule has 6 heteroatoms. The van der Waals surface area contributed by atoms with E-state index in [4.69, 9.17) is 9.47 Å². The largest absolute Gasteiger partial charge is 0.493 e. The topological polar surface area (TPSA) is 33.7 Å². The lowest BCUT2D eigenvalue weighted by Crippen LogP contribution is -2.45. The van der Waals surface area contributed by atoms with Gasteiger partial charge in [0.25, 0.3) is 0 Å². The van der Waals surface area contributed by atoms with E-state index in [1.807, 2.05) is 6.08 Å². The van der Waals surface area contributed by atoms with Crippen LogP contribution in [0.4, 0.5) is 4.39 Å². The first-order valence-corrected chi connectivity index (χ1v) is 7.18. The SMILES string of the molecule is C=CC[C@H](c1cc(OC)c(OC)cc1F)N1CCNCC1.Cl. The summed E-state index contributed by atoms with van der Waals surface area (Å²) in [5.74, 6) is 0.701. The second-order valence-electron chi connectivity index (χ2n) is 5.05. The first-order chi connectivity index (χ1) is 10.2. The molecule has 1 atom stereocenters. The minimum atomic E-state index is -0.266. The first kappa shape index (κ1) is 18.7. The summed E-state index contributed by atoms with van der Waals surface area (Å²) in [6.45, 7) is 7.43. The van der Waals surface area contributed by atoms with E-state index in [0.717, 1.165) is 26.2 Å². The zero-order valence-corrected chi connectivity index (χ0v) is 13.9. The van der Waals surface area contributed by atoms with Crippen molar-refractivity contribution >= 4 is 12.4 Å². The lowest BCUT2D eigenvalue weighted by atomic mass is 9.99. The Hall–Kier alpha value is -1.30. The van der Waals surface area contributed by atoms with Gasteiger partial charge in [0.15, 0.2) is 11.5 Å². The highest BCUT2D eigenvalue weighted by molar-refractivity contribution is 5.85. The van der Waals surface area contributed by atoms with E-state index >= 15 is 0 Å². The van der Waals surface area contributed by atoms with Gasteiger partial charge >= 0.3 is 0 Å². The Bertz CT molecular complexity index is 493. The summed E-state index contributed by atoms with van der Waals surface area (Å²) in [5, 5.41) is 3.31. The smallest absolute Gasteiger partial charge is 0.163 e. The summed E-state index contributed by atoms with van der Waals surface area (Å²) < 4.78 is 24.9. The highest BCUT2D eigenvalue weighted by atomic mass is 35.5. The average Bonchev–Trinajstić information content (AvgIpc) is 2.53. The minimum absolute atomic E-state index is 0. The van der Waals surface area contributed by atoms with Crippen LogP contribution in [0.3, 0.4) is 0 Å². The highest BCUT2D eigenvalue weighted by Crippen LogP contribution is 2.35. The third kappa shape index (κ3) is 4.12. The second kappa shape index (κ2) is 8.98. The van der Waals surface area contributed by atoms with Crippen molar-refractivity contribution in [1.82, 2.24) is 10.2 Å². The van der Waals surface area contributed by atoms with Crippen LogP contribution < -0.4 is 14.8 Å². The molecule has 1 heterocycles. The van der Waals surface area contributed by atoms with Crippen molar-refractivity contribution in [2.45, 2.75) is 12.5 Å². The Kier molecular flexibility index (Phi) is 7.65. The number of piperazine rings is 1. The molecule has 1 saturated heterocycles. The van der Waals surface area contributed by atoms with Crippen LogP contribution in [0.25, 0.3) is 0 Å². The Morgan fingerprint density at radius 3 is 2.41 bits per heavy atom. The summed E-state index contributed by atoms with van der Waals surface area (Å²) in [4.78, 5) is 2.28. The highest BCUT2D eigenvalue weighted by Gasteiger charge is 2.25. The van der Waals surface area contributed by atoms with Crippen LogP contribution in [-0.2, 0) is 0 Å². The summed E-state index contributed by atoms with van der Waals surface area (Å²) in [6.07, 6.45) is 2.54. The van der Waals surface area contributed by atoms with Gasteiger partial charge in [0.1, 0.15) is 5.82 Å². The Labute approximate surface area is 137 Å². The van der Waals surface area contributed by atoms with Gasteiger partial charge in [-0.3, -0.25) is 4.90 Å². The molecule has 0 aromatic heterocycles. The minimum Gasteiger partial charge on any atom is -0.493 e. The van der Waals surface area contributed by atoms with Crippen LogP contribution in [0.1, 0.15) is 18.0 Å². The lowest BCUT2D eigenvalue weighted by Gasteiger charge is -2.35. The van der Waals surface area contributed by atoms with Crippen LogP contribution in [-0.4, -0.2) is 45.3 Å². The van der Waals surface area contributed by atoms with Crippen LogP contribution >= 0.6 is 12.4 Å². The van der Waals surface area contributed by atoms with Crippen molar-refractivity contribution in [1.29, 1.82) is 0 Å². The number of hydrogen-bond acceptors (Lipinski definition) is 4. The summed E-state index contributed by atoms with van der Waals surface area (Å²) in [6, 6.07) is 3.11. The molecule has 124 valence electrons. The number of benzene rings is 1. The molecular weight excluding hydrogens is 307 g/mol. The molecule has 1 N–H and O–H groups in total. The van der Waals surface area contributed by atoms with Gasteiger partial charge in [0.2, 0.25) is 0 Å². The third-order valence-electron chi connectivity index (χ3n) is 3.84. The van der Waals surface area contributed by atoms with E-state index in [1.165, 1.54) is 13.2 Å². The summed E-state index contributed by atoms with van der Waals surface area (Å²) >= 11 is 0. The molecule has 1 aromatic carbocycles. The molecule has 0 amide bonds. The number of rotatable bonds is 6. The van der Waals surface area contributed by atoms with Crippen molar-refractivity contribution in [3.63, 3.8) is 0 Å². The molecule has 0 saturated carbocycles. The molecule has 22 heavy (non-hydrogen) atoms. The van der Waals surface area contributed by atoms with E-state index in [0.29, 0.717) is 23.5 Å². The summed E-state index contributed by atoms with van der Waals surface area (Å²) in [7, 11) is 3.07. The Morgan fingerprint density at radius 1 is 1.27 bits per heavy atom. The van der Waals surface area contributed by atoms with Crippen LogP contribution in [0.2, 0.25) is 0 Å². The molecule has 2 rings (SSSR count). The maximum absolute atomic E-state index is 14.5. The van der Waals surface area contributed by atoms with Gasteiger partial charge in [-0.25, -0.2) is 4.39 Å². The van der Waals surface area contributed by atoms with Gasteiger partial charge in [-0.1, -0.05) is 6.08 Å². The summed E-state index contributed by atoms with van der Waals surface area (Å²) in [5.41, 5.74) is 0.634. The van der Waals surface area contributed by atoms with E-state index in [9.17, 15) is 4.39 Å². The van der Waals surface area contributed by atoms with Gasteiger partial charge in [0, 0.05) is 43.9 Å². The zero-order valence-electron chi connectivity index (χ0n) is 13.1. The molecule has 0 aliphatic carbocycles. The monoisotopic (exact) mass is 330 g/mol. The quantitative estimate of drug-likeness (QED) is 0.813. The Morgan fingerprint density at radius 2 is 1.86 bits per heavy atom. The average molecular weight is 331 g/mol. The van der Waals surface area contributed by atoms with Crippen molar-refractivity contribution in [2.24, 2.45) is 0 Å². The maximum Gasteiger partial charge on any atom is 0.163 e. The van der Waals surface area contributed by atoms with Gasteiger partial charge in [-0.15, -0.1) is 19.0 Å². The maximum atomic E-state index is 14.5. The van der Waals surface area contributed by atoms with Crippen molar-refractivity contribution in [3.8, 4) is 11.5 Å². The van der Waals surface area contributed by atoms with Crippen molar-refractivity contribution in [2.75, 3.05) is 40.4 Å². The zero-order chi connectivity index (χ0) is 15.2. The second-order valence-corrected chi connectivity index (χ2v) is 5.05. The molecule has 1 fully saturated rings. The normalized spacial score (nSPS) is 16.5. The van der Waals surface area contributed by atoms with Gasteiger partial charge < -0.3 is 14.8 Å². The van der Waals surface area contributed by atoms with E-state index in [1.54, 1.807) is 13.2 Å². The lowest BCUT2D eigenvalue weighted by molar-refractivity contribution is 0.171. The number of nitrogens with zero attached hydrogens (tertiary/aromatic N) is 1. The van der Waals surface area contributed by atoms with Gasteiger partial charge in [-0.05, 0) is 12.5 Å². The molecular formula is C16H24ClFN2O2. The van der Waals surface area contributed by atoms with Gasteiger partial charge in [-0.2, -0.15) is 0 Å². The van der Waals surface area contributed by atoms with E-state index in [2.05, 4.69) is 16.8 Å². The predicted molar refractivity (Wildman–Crippen MR) is 88.7 cm³/mol. The standard InChI is InChI=1S/C16H23FN2O2.ClH/c1-4-5-14(19-8-6-18-7-9-19)12-10-15(20-2)16(21-3)11-13(12)17;/h4,10-11,14,18H,1,5-9H2,2-3H3;1H/t14-;/m1./s1. The van der Waals surface area contributed by atoms with Gasteiger partial charge in [0.05, 0.1) is 14.2 Å². The molecule has 4 nitrogen and oxygen atoms in total. The van der Waals surface area contributed by atoms with Crippen molar-refractivity contribution < 1.29 is 13.9 Å². The fourth-order valence-electron chi connectivity index (χ4n) is 2.75. The number of hydrogen-bond donors (Lipinski definition) is 1. The number of methoxy groups -OCH3 is 2. The molecule has 1 aliphatic heterocycles. The first-order valence-electron chi connectivity index (χ1n) is 7.18. The number of halogens is 2. The fourth-order valence-corrected chi connectivity index (χ4v) is 2.75. The molecule has 0 bridgehead atoms. The molecule has 0 unspecified atom stereocenters. The Balaban J connectivity index is 0.00000242. The van der Waals surface area contributed by atoms with Crippen LogP contribution in [0.5, 0.6) is 11.5 Å².